The summed E-state index contributed by atoms with van der Waals surface area (Å²) < 4.78 is 0. The van der Waals surface area contributed by atoms with Crippen molar-refractivity contribution in [3.8, 4) is 0 Å². The molecule has 0 radical (unpaired) electrons. The van der Waals surface area contributed by atoms with Crippen LogP contribution in [0.25, 0.3) is 10.9 Å². The first-order chi connectivity index (χ1) is 15.0. The maximum absolute atomic E-state index is 12.9. The zero-order chi connectivity index (χ0) is 21.8. The van der Waals surface area contributed by atoms with Gasteiger partial charge < -0.3 is 15.2 Å². The van der Waals surface area contributed by atoms with Gasteiger partial charge in [0.25, 0.3) is 5.91 Å². The molecule has 1 aliphatic heterocycles. The number of benzene rings is 1. The van der Waals surface area contributed by atoms with Crippen LogP contribution in [0.2, 0.25) is 0 Å². The molecule has 7 nitrogen and oxygen atoms in total. The summed E-state index contributed by atoms with van der Waals surface area (Å²) in [5.41, 5.74) is 2.36. The van der Waals surface area contributed by atoms with Crippen molar-refractivity contribution in [1.29, 1.82) is 0 Å². The Hall–Kier alpha value is -2.45. The van der Waals surface area contributed by atoms with Gasteiger partial charge >= 0.3 is 0 Å². The van der Waals surface area contributed by atoms with Crippen LogP contribution in [0.5, 0.6) is 0 Å². The van der Waals surface area contributed by atoms with E-state index >= 15 is 0 Å². The molecule has 1 unspecified atom stereocenters. The zero-order valence-electron chi connectivity index (χ0n) is 18.6. The number of hydrogen-bond acceptors (Lipinski definition) is 6. The van der Waals surface area contributed by atoms with Gasteiger partial charge in [-0.05, 0) is 38.3 Å². The maximum atomic E-state index is 12.9. The summed E-state index contributed by atoms with van der Waals surface area (Å²) in [5.74, 6) is -0.122. The summed E-state index contributed by atoms with van der Waals surface area (Å²) in [5, 5.41) is 14.2. The molecule has 0 saturated carbocycles. The van der Waals surface area contributed by atoms with Crippen LogP contribution in [0.15, 0.2) is 30.5 Å². The summed E-state index contributed by atoms with van der Waals surface area (Å²) >= 11 is 1.39. The Labute approximate surface area is 187 Å². The first-order valence-corrected chi connectivity index (χ1v) is 12.0. The van der Waals surface area contributed by atoms with Gasteiger partial charge in [0.2, 0.25) is 10.1 Å². The van der Waals surface area contributed by atoms with Gasteiger partial charge in [-0.1, -0.05) is 42.9 Å². The van der Waals surface area contributed by atoms with Gasteiger partial charge in [-0.3, -0.25) is 9.69 Å². The van der Waals surface area contributed by atoms with E-state index in [9.17, 15) is 4.79 Å². The molecule has 1 aliphatic rings. The third-order valence-corrected chi connectivity index (χ3v) is 7.02. The molecule has 1 fully saturated rings. The van der Waals surface area contributed by atoms with Crippen LogP contribution >= 0.6 is 11.3 Å². The SMILES string of the molecule is CCCC(Cc1c[nH]c2ccccc12)NC(=O)c1nnc(N2CCN(C(C)C)CC2)s1. The van der Waals surface area contributed by atoms with Crippen molar-refractivity contribution >= 4 is 33.3 Å². The lowest BCUT2D eigenvalue weighted by Gasteiger charge is -2.36. The molecular formula is C23H32N6OS. The molecular weight excluding hydrogens is 408 g/mol. The summed E-state index contributed by atoms with van der Waals surface area (Å²) in [6.45, 7) is 10.5. The summed E-state index contributed by atoms with van der Waals surface area (Å²) in [6.07, 6.45) is 4.79. The van der Waals surface area contributed by atoms with Gasteiger partial charge in [-0.15, -0.1) is 10.2 Å². The van der Waals surface area contributed by atoms with Crippen LogP contribution in [0.1, 0.15) is 49.0 Å². The maximum Gasteiger partial charge on any atom is 0.282 e. The number of nitrogens with one attached hydrogen (secondary N) is 2. The van der Waals surface area contributed by atoms with Crippen molar-refractivity contribution in [2.75, 3.05) is 31.1 Å². The lowest BCUT2D eigenvalue weighted by molar-refractivity contribution is 0.0933. The number of rotatable bonds is 8. The number of carbonyl (C=O) groups is 1. The Balaban J connectivity index is 1.39. The molecule has 4 rings (SSSR count). The molecule has 1 aromatic carbocycles. The topological polar surface area (TPSA) is 77.1 Å². The molecule has 8 heteroatoms. The third-order valence-electron chi connectivity index (χ3n) is 6.04. The number of fused-ring (bicyclic) bond motifs is 1. The number of aromatic amines is 1. The minimum Gasteiger partial charge on any atom is -0.361 e. The van der Waals surface area contributed by atoms with E-state index in [1.165, 1.54) is 22.3 Å². The smallest absolute Gasteiger partial charge is 0.282 e. The van der Waals surface area contributed by atoms with E-state index in [4.69, 9.17) is 0 Å². The van der Waals surface area contributed by atoms with Crippen LogP contribution in [0, 0.1) is 0 Å². The first kappa shape index (κ1) is 21.8. The number of anilines is 1. The molecule has 2 N–H and O–H groups in total. The highest BCUT2D eigenvalue weighted by Gasteiger charge is 2.24. The summed E-state index contributed by atoms with van der Waals surface area (Å²) in [6, 6.07) is 8.92. The predicted molar refractivity (Wildman–Crippen MR) is 127 cm³/mol. The lowest BCUT2D eigenvalue weighted by Crippen LogP contribution is -2.48. The minimum atomic E-state index is -0.122. The number of aromatic nitrogens is 3. The number of hydrogen-bond donors (Lipinski definition) is 2. The molecule has 2 aromatic heterocycles. The van der Waals surface area contributed by atoms with Crippen molar-refractivity contribution < 1.29 is 4.79 Å². The Morgan fingerprint density at radius 2 is 1.97 bits per heavy atom. The highest BCUT2D eigenvalue weighted by atomic mass is 32.1. The second-order valence-corrected chi connectivity index (χ2v) is 9.49. The third kappa shape index (κ3) is 5.07. The number of piperazine rings is 1. The van der Waals surface area contributed by atoms with Crippen molar-refractivity contribution in [3.05, 3.63) is 41.0 Å². The van der Waals surface area contributed by atoms with Crippen LogP contribution in [0.3, 0.4) is 0 Å². The fourth-order valence-electron chi connectivity index (χ4n) is 4.25. The molecule has 0 bridgehead atoms. The van der Waals surface area contributed by atoms with Gasteiger partial charge in [-0.2, -0.15) is 0 Å². The quantitative estimate of drug-likeness (QED) is 0.559. The molecule has 3 aromatic rings. The van der Waals surface area contributed by atoms with Gasteiger partial charge in [0.15, 0.2) is 0 Å². The largest absolute Gasteiger partial charge is 0.361 e. The van der Waals surface area contributed by atoms with E-state index in [1.54, 1.807) is 0 Å². The van der Waals surface area contributed by atoms with Gasteiger partial charge in [-0.25, -0.2) is 0 Å². The average Bonchev–Trinajstić information content (AvgIpc) is 3.42. The lowest BCUT2D eigenvalue weighted by atomic mass is 10.0. The van der Waals surface area contributed by atoms with Gasteiger partial charge in [0.1, 0.15) is 0 Å². The van der Waals surface area contributed by atoms with Crippen molar-refractivity contribution in [2.24, 2.45) is 0 Å². The van der Waals surface area contributed by atoms with E-state index < -0.39 is 0 Å². The number of H-pyrrole nitrogens is 1. The second kappa shape index (κ2) is 9.78. The molecule has 1 amide bonds. The van der Waals surface area contributed by atoms with Gasteiger partial charge in [0.05, 0.1) is 0 Å². The van der Waals surface area contributed by atoms with Crippen molar-refractivity contribution in [1.82, 2.24) is 25.4 Å². The van der Waals surface area contributed by atoms with E-state index in [2.05, 4.69) is 75.5 Å². The predicted octanol–water partition coefficient (Wildman–Crippen LogP) is 3.69. The van der Waals surface area contributed by atoms with Crippen molar-refractivity contribution in [3.63, 3.8) is 0 Å². The molecule has 1 atom stereocenters. The summed E-state index contributed by atoms with van der Waals surface area (Å²) in [7, 11) is 0. The van der Waals surface area contributed by atoms with Crippen LogP contribution in [-0.2, 0) is 6.42 Å². The van der Waals surface area contributed by atoms with Crippen molar-refractivity contribution in [2.45, 2.75) is 52.1 Å². The second-order valence-electron chi connectivity index (χ2n) is 8.53. The fourth-order valence-corrected chi connectivity index (χ4v) is 5.05. The molecule has 0 spiro atoms. The minimum absolute atomic E-state index is 0.0682. The zero-order valence-corrected chi connectivity index (χ0v) is 19.4. The van der Waals surface area contributed by atoms with Crippen LogP contribution in [-0.4, -0.2) is 64.3 Å². The normalized spacial score (nSPS) is 16.2. The highest BCUT2D eigenvalue weighted by Crippen LogP contribution is 2.23. The number of amides is 1. The van der Waals surface area contributed by atoms with E-state index in [1.807, 2.05) is 6.07 Å². The molecule has 31 heavy (non-hydrogen) atoms. The first-order valence-electron chi connectivity index (χ1n) is 11.2. The number of nitrogens with zero attached hydrogens (tertiary/aromatic N) is 4. The molecule has 0 aliphatic carbocycles. The highest BCUT2D eigenvalue weighted by molar-refractivity contribution is 7.17. The Morgan fingerprint density at radius 1 is 1.19 bits per heavy atom. The standard InChI is InChI=1S/C23H32N6OS/c1-4-7-18(14-17-15-24-20-9-6-5-8-19(17)20)25-21(30)22-26-27-23(31-22)29-12-10-28(11-13-29)16(2)3/h5-6,8-9,15-16,18,24H,4,7,10-14H2,1-3H3,(H,25,30). The van der Waals surface area contributed by atoms with E-state index in [0.29, 0.717) is 11.0 Å². The number of para-hydroxylation sites is 1. The van der Waals surface area contributed by atoms with Crippen LogP contribution in [0.4, 0.5) is 5.13 Å². The fraction of sp³-hybridized carbons (Fsp3) is 0.522. The monoisotopic (exact) mass is 440 g/mol. The Morgan fingerprint density at radius 3 is 2.71 bits per heavy atom. The Bertz CT molecular complexity index is 1000. The van der Waals surface area contributed by atoms with Gasteiger partial charge in [0, 0.05) is 55.4 Å². The van der Waals surface area contributed by atoms with Crippen LogP contribution < -0.4 is 10.2 Å². The molecule has 3 heterocycles. The average molecular weight is 441 g/mol. The number of carbonyl (C=O) groups excluding carboxylic acids is 1. The van der Waals surface area contributed by atoms with E-state index in [0.717, 1.165) is 56.1 Å². The Kier molecular flexibility index (Phi) is 6.87. The van der Waals surface area contributed by atoms with E-state index in [-0.39, 0.29) is 11.9 Å². The molecule has 1 saturated heterocycles. The summed E-state index contributed by atoms with van der Waals surface area (Å²) in [4.78, 5) is 21.0. The molecule has 166 valence electrons.